The van der Waals surface area contributed by atoms with E-state index in [1.165, 1.54) is 12.4 Å². The Kier molecular flexibility index (Phi) is 2.89. The summed E-state index contributed by atoms with van der Waals surface area (Å²) >= 11 is 5.84. The highest BCUT2D eigenvalue weighted by Crippen LogP contribution is 2.26. The monoisotopic (exact) mass is 272 g/mol. The SMILES string of the molecule is Nc1nc2ccccc2nc1Oc1cncc(Cl)c1. The van der Waals surface area contributed by atoms with E-state index in [0.717, 1.165) is 5.52 Å². The van der Waals surface area contributed by atoms with Crippen LogP contribution in [0.3, 0.4) is 0 Å². The van der Waals surface area contributed by atoms with Crippen LogP contribution in [0.2, 0.25) is 5.02 Å². The molecule has 0 aliphatic rings. The molecule has 2 N–H and O–H groups in total. The van der Waals surface area contributed by atoms with E-state index in [1.807, 2.05) is 24.3 Å². The van der Waals surface area contributed by atoms with Crippen LogP contribution in [-0.2, 0) is 0 Å². The van der Waals surface area contributed by atoms with Crippen molar-refractivity contribution in [2.24, 2.45) is 0 Å². The Labute approximate surface area is 114 Å². The smallest absolute Gasteiger partial charge is 0.263 e. The van der Waals surface area contributed by atoms with E-state index >= 15 is 0 Å². The third-order valence-electron chi connectivity index (χ3n) is 2.46. The Hall–Kier alpha value is -2.40. The fraction of sp³-hybridized carbons (Fsp3) is 0. The second kappa shape index (κ2) is 4.70. The number of nitrogen functional groups attached to an aromatic ring is 1. The van der Waals surface area contributed by atoms with E-state index in [9.17, 15) is 0 Å². The maximum Gasteiger partial charge on any atom is 0.263 e. The van der Waals surface area contributed by atoms with Crippen molar-refractivity contribution in [1.29, 1.82) is 0 Å². The zero-order valence-electron chi connectivity index (χ0n) is 9.75. The van der Waals surface area contributed by atoms with Crippen molar-refractivity contribution in [3.8, 4) is 11.6 Å². The average Bonchev–Trinajstić information content (AvgIpc) is 2.40. The molecule has 5 nitrogen and oxygen atoms in total. The first kappa shape index (κ1) is 11.7. The minimum atomic E-state index is 0.221. The van der Waals surface area contributed by atoms with Crippen molar-refractivity contribution in [2.75, 3.05) is 5.73 Å². The van der Waals surface area contributed by atoms with Gasteiger partial charge in [-0.25, -0.2) is 9.97 Å². The van der Waals surface area contributed by atoms with Crippen LogP contribution >= 0.6 is 11.6 Å². The van der Waals surface area contributed by atoms with Crippen LogP contribution in [0.5, 0.6) is 11.6 Å². The number of hydrogen-bond acceptors (Lipinski definition) is 5. The predicted octanol–water partition coefficient (Wildman–Crippen LogP) is 3.05. The molecule has 94 valence electrons. The number of pyridine rings is 1. The van der Waals surface area contributed by atoms with E-state index < -0.39 is 0 Å². The summed E-state index contributed by atoms with van der Waals surface area (Å²) in [4.78, 5) is 12.5. The molecule has 3 aromatic rings. The molecular formula is C13H9ClN4O. The molecule has 1 aromatic carbocycles. The molecule has 0 fully saturated rings. The van der Waals surface area contributed by atoms with E-state index in [0.29, 0.717) is 16.3 Å². The van der Waals surface area contributed by atoms with Gasteiger partial charge in [0.1, 0.15) is 5.75 Å². The molecule has 3 rings (SSSR count). The molecule has 0 atom stereocenters. The Morgan fingerprint density at radius 1 is 1.05 bits per heavy atom. The van der Waals surface area contributed by atoms with Gasteiger partial charge in [0.25, 0.3) is 5.88 Å². The first-order valence-electron chi connectivity index (χ1n) is 5.53. The van der Waals surface area contributed by atoms with Gasteiger partial charge in [-0.1, -0.05) is 23.7 Å². The summed E-state index contributed by atoms with van der Waals surface area (Å²) in [6.07, 6.45) is 3.05. The minimum Gasteiger partial charge on any atom is -0.434 e. The van der Waals surface area contributed by atoms with Crippen LogP contribution < -0.4 is 10.5 Å². The number of hydrogen-bond donors (Lipinski definition) is 1. The van der Waals surface area contributed by atoms with Crippen LogP contribution in [0, 0.1) is 0 Å². The number of aromatic nitrogens is 3. The number of benzene rings is 1. The molecule has 6 heteroatoms. The van der Waals surface area contributed by atoms with Crippen LogP contribution in [0.1, 0.15) is 0 Å². The molecular weight excluding hydrogens is 264 g/mol. The Morgan fingerprint density at radius 3 is 2.53 bits per heavy atom. The number of rotatable bonds is 2. The van der Waals surface area contributed by atoms with Gasteiger partial charge in [0.05, 0.1) is 22.3 Å². The highest BCUT2D eigenvalue weighted by Gasteiger charge is 2.08. The third-order valence-corrected chi connectivity index (χ3v) is 2.66. The van der Waals surface area contributed by atoms with Gasteiger partial charge in [-0.2, -0.15) is 0 Å². The maximum atomic E-state index is 5.84. The van der Waals surface area contributed by atoms with E-state index in [-0.39, 0.29) is 11.7 Å². The summed E-state index contributed by atoms with van der Waals surface area (Å²) in [6, 6.07) is 9.05. The third kappa shape index (κ3) is 2.41. The van der Waals surface area contributed by atoms with Crippen molar-refractivity contribution in [2.45, 2.75) is 0 Å². The summed E-state index contributed by atoms with van der Waals surface area (Å²) < 4.78 is 5.55. The average molecular weight is 273 g/mol. The summed E-state index contributed by atoms with van der Waals surface area (Å²) in [5.41, 5.74) is 7.25. The molecule has 0 spiro atoms. The fourth-order valence-electron chi connectivity index (χ4n) is 1.63. The van der Waals surface area contributed by atoms with E-state index in [4.69, 9.17) is 22.1 Å². The predicted molar refractivity (Wildman–Crippen MR) is 73.3 cm³/mol. The van der Waals surface area contributed by atoms with Gasteiger partial charge >= 0.3 is 0 Å². The van der Waals surface area contributed by atoms with Crippen molar-refractivity contribution < 1.29 is 4.74 Å². The van der Waals surface area contributed by atoms with Crippen LogP contribution in [0.25, 0.3) is 11.0 Å². The standard InChI is InChI=1S/C13H9ClN4O/c14-8-5-9(7-16-6-8)19-13-12(15)17-10-3-1-2-4-11(10)18-13/h1-7H,(H2,15,17). The Bertz CT molecular complexity index is 748. The van der Waals surface area contributed by atoms with Crippen molar-refractivity contribution in [3.05, 3.63) is 47.7 Å². The molecule has 0 bridgehead atoms. The van der Waals surface area contributed by atoms with Crippen LogP contribution in [0.4, 0.5) is 5.82 Å². The lowest BCUT2D eigenvalue weighted by atomic mass is 10.3. The second-order valence-corrected chi connectivity index (χ2v) is 4.28. The number of nitrogens with zero attached hydrogens (tertiary/aromatic N) is 3. The van der Waals surface area contributed by atoms with Gasteiger partial charge in [-0.15, -0.1) is 0 Å². The number of para-hydroxylation sites is 2. The molecule has 0 saturated heterocycles. The maximum absolute atomic E-state index is 5.84. The van der Waals surface area contributed by atoms with Crippen molar-refractivity contribution in [1.82, 2.24) is 15.0 Å². The number of nitrogens with two attached hydrogens (primary N) is 1. The minimum absolute atomic E-state index is 0.221. The molecule has 0 aliphatic carbocycles. The molecule has 0 aliphatic heterocycles. The normalized spacial score (nSPS) is 10.6. The molecule has 19 heavy (non-hydrogen) atoms. The molecule has 0 amide bonds. The summed E-state index contributed by atoms with van der Waals surface area (Å²) in [6.45, 7) is 0. The van der Waals surface area contributed by atoms with Crippen LogP contribution in [-0.4, -0.2) is 15.0 Å². The summed E-state index contributed by atoms with van der Waals surface area (Å²) in [5, 5.41) is 0.477. The van der Waals surface area contributed by atoms with Gasteiger partial charge in [-0.05, 0) is 12.1 Å². The summed E-state index contributed by atoms with van der Waals surface area (Å²) in [5.74, 6) is 0.922. The quantitative estimate of drug-likeness (QED) is 0.776. The van der Waals surface area contributed by atoms with Crippen molar-refractivity contribution >= 4 is 28.5 Å². The zero-order valence-corrected chi connectivity index (χ0v) is 10.5. The Morgan fingerprint density at radius 2 is 1.79 bits per heavy atom. The van der Waals surface area contributed by atoms with Gasteiger partial charge in [-0.3, -0.25) is 4.98 Å². The van der Waals surface area contributed by atoms with Crippen LogP contribution in [0.15, 0.2) is 42.7 Å². The molecule has 0 saturated carbocycles. The first-order valence-corrected chi connectivity index (χ1v) is 5.91. The second-order valence-electron chi connectivity index (χ2n) is 3.84. The first-order chi connectivity index (χ1) is 9.22. The van der Waals surface area contributed by atoms with E-state index in [1.54, 1.807) is 6.07 Å². The Balaban J connectivity index is 2.03. The molecule has 0 unspecified atom stereocenters. The molecule has 2 heterocycles. The zero-order chi connectivity index (χ0) is 13.2. The van der Waals surface area contributed by atoms with Gasteiger partial charge < -0.3 is 10.5 Å². The van der Waals surface area contributed by atoms with Gasteiger partial charge in [0.2, 0.25) is 0 Å². The largest absolute Gasteiger partial charge is 0.434 e. The topological polar surface area (TPSA) is 73.9 Å². The van der Waals surface area contributed by atoms with Gasteiger partial charge in [0.15, 0.2) is 5.82 Å². The van der Waals surface area contributed by atoms with E-state index in [2.05, 4.69) is 15.0 Å². The van der Waals surface area contributed by atoms with Gasteiger partial charge in [0, 0.05) is 12.3 Å². The number of halogens is 1. The lowest BCUT2D eigenvalue weighted by Gasteiger charge is -2.07. The number of anilines is 1. The fourth-order valence-corrected chi connectivity index (χ4v) is 1.80. The molecule has 2 aromatic heterocycles. The highest BCUT2D eigenvalue weighted by atomic mass is 35.5. The van der Waals surface area contributed by atoms with Crippen molar-refractivity contribution in [3.63, 3.8) is 0 Å². The number of fused-ring (bicyclic) bond motifs is 1. The highest BCUT2D eigenvalue weighted by molar-refractivity contribution is 6.30. The number of ether oxygens (including phenoxy) is 1. The lowest BCUT2D eigenvalue weighted by molar-refractivity contribution is 0.463. The lowest BCUT2D eigenvalue weighted by Crippen LogP contribution is -1.99. The summed E-state index contributed by atoms with van der Waals surface area (Å²) in [7, 11) is 0. The molecule has 0 radical (unpaired) electrons.